The summed E-state index contributed by atoms with van der Waals surface area (Å²) in [5.74, 6) is 0. The van der Waals surface area contributed by atoms with Crippen molar-refractivity contribution in [2.45, 2.75) is 45.3 Å². The van der Waals surface area contributed by atoms with Crippen LogP contribution in [0, 0.1) is 6.92 Å². The van der Waals surface area contributed by atoms with Crippen LogP contribution in [-0.2, 0) is 25.9 Å². The van der Waals surface area contributed by atoms with Crippen LogP contribution in [0.2, 0.25) is 0 Å². The zero-order valence-electron chi connectivity index (χ0n) is 13.6. The lowest BCUT2D eigenvalue weighted by Crippen LogP contribution is -2.37. The molecule has 4 heteroatoms. The third-order valence-electron chi connectivity index (χ3n) is 4.42. The van der Waals surface area contributed by atoms with Gasteiger partial charge in [-0.3, -0.25) is 9.78 Å². The number of nitrogens with zero attached hydrogens (tertiary/aromatic N) is 2. The minimum Gasteiger partial charge on any atom is -0.309 e. The van der Waals surface area contributed by atoms with Gasteiger partial charge in [0.2, 0.25) is 0 Å². The van der Waals surface area contributed by atoms with E-state index in [4.69, 9.17) is 0 Å². The molecule has 2 aromatic rings. The van der Waals surface area contributed by atoms with Crippen molar-refractivity contribution in [3.8, 4) is 0 Å². The molecule has 0 radical (unpaired) electrons. The van der Waals surface area contributed by atoms with Crippen LogP contribution in [0.1, 0.15) is 29.1 Å². The normalized spacial score (nSPS) is 16.8. The van der Waals surface area contributed by atoms with Crippen molar-refractivity contribution in [2.24, 2.45) is 0 Å². The molecule has 3 rings (SSSR count). The fourth-order valence-electron chi connectivity index (χ4n) is 3.27. The summed E-state index contributed by atoms with van der Waals surface area (Å²) < 4.78 is 1.85. The minimum absolute atomic E-state index is 0.0685. The molecule has 1 N–H and O–H groups in total. The van der Waals surface area contributed by atoms with E-state index < -0.39 is 0 Å². The van der Waals surface area contributed by atoms with Gasteiger partial charge in [0.1, 0.15) is 0 Å². The number of aromatic nitrogens is 2. The van der Waals surface area contributed by atoms with Gasteiger partial charge in [-0.15, -0.1) is 6.58 Å². The third kappa shape index (κ3) is 3.59. The summed E-state index contributed by atoms with van der Waals surface area (Å²) in [6.07, 6.45) is 4.71. The first-order chi connectivity index (χ1) is 11.2. The summed E-state index contributed by atoms with van der Waals surface area (Å²) in [6.45, 7) is 7.14. The smallest absolute Gasteiger partial charge is 0.251 e. The lowest BCUT2D eigenvalue weighted by molar-refractivity contribution is 0.441. The summed E-state index contributed by atoms with van der Waals surface area (Å²) in [4.78, 5) is 16.5. The number of hydrogen-bond acceptors (Lipinski definition) is 3. The van der Waals surface area contributed by atoms with Crippen molar-refractivity contribution in [3.63, 3.8) is 0 Å². The summed E-state index contributed by atoms with van der Waals surface area (Å²) in [6, 6.07) is 10.2. The second-order valence-corrected chi connectivity index (χ2v) is 6.13. The predicted octanol–water partition coefficient (Wildman–Crippen LogP) is 2.38. The molecular weight excluding hydrogens is 286 g/mol. The van der Waals surface area contributed by atoms with Crippen LogP contribution in [-0.4, -0.2) is 15.6 Å². The Kier molecular flexibility index (Phi) is 4.72. The van der Waals surface area contributed by atoms with Gasteiger partial charge >= 0.3 is 0 Å². The molecule has 0 saturated heterocycles. The first kappa shape index (κ1) is 15.7. The van der Waals surface area contributed by atoms with Crippen molar-refractivity contribution in [1.29, 1.82) is 0 Å². The molecule has 0 bridgehead atoms. The second-order valence-electron chi connectivity index (χ2n) is 6.13. The fourth-order valence-corrected chi connectivity index (χ4v) is 3.27. The molecule has 1 aliphatic carbocycles. The van der Waals surface area contributed by atoms with Crippen molar-refractivity contribution in [1.82, 2.24) is 14.9 Å². The van der Waals surface area contributed by atoms with E-state index in [0.29, 0.717) is 12.6 Å². The first-order valence-electron chi connectivity index (χ1n) is 8.16. The molecule has 0 aromatic carbocycles. The summed E-state index contributed by atoms with van der Waals surface area (Å²) >= 11 is 0. The summed E-state index contributed by atoms with van der Waals surface area (Å²) in [5, 5.41) is 3.60. The molecule has 0 spiro atoms. The average Bonchev–Trinajstić information content (AvgIpc) is 2.56. The minimum atomic E-state index is 0.0685. The Balaban J connectivity index is 1.70. The SMILES string of the molecule is C=CCn1c2c(ccc1=O)CC(NCc1cccc(C)n1)CC2. The van der Waals surface area contributed by atoms with Crippen LogP contribution in [0.15, 0.2) is 47.8 Å². The van der Waals surface area contributed by atoms with Crippen LogP contribution >= 0.6 is 0 Å². The molecule has 0 aliphatic heterocycles. The lowest BCUT2D eigenvalue weighted by atomic mass is 9.91. The highest BCUT2D eigenvalue weighted by molar-refractivity contribution is 5.26. The van der Waals surface area contributed by atoms with Gasteiger partial charge in [0.05, 0.1) is 5.69 Å². The highest BCUT2D eigenvalue weighted by Crippen LogP contribution is 2.20. The number of hydrogen-bond donors (Lipinski definition) is 1. The van der Waals surface area contributed by atoms with Crippen LogP contribution < -0.4 is 10.9 Å². The Bertz CT molecular complexity index is 763. The van der Waals surface area contributed by atoms with Gasteiger partial charge in [-0.2, -0.15) is 0 Å². The summed E-state index contributed by atoms with van der Waals surface area (Å²) in [5.41, 5.74) is 4.63. The molecule has 0 amide bonds. The number of nitrogens with one attached hydrogen (secondary N) is 1. The summed E-state index contributed by atoms with van der Waals surface area (Å²) in [7, 11) is 0. The fraction of sp³-hybridized carbons (Fsp3) is 0.368. The molecule has 0 saturated carbocycles. The van der Waals surface area contributed by atoms with Gasteiger partial charge in [0.15, 0.2) is 0 Å². The van der Waals surface area contributed by atoms with Crippen molar-refractivity contribution >= 4 is 0 Å². The first-order valence-corrected chi connectivity index (χ1v) is 8.16. The maximum absolute atomic E-state index is 12.0. The van der Waals surface area contributed by atoms with Gasteiger partial charge < -0.3 is 9.88 Å². The van der Waals surface area contributed by atoms with Crippen molar-refractivity contribution in [2.75, 3.05) is 0 Å². The maximum Gasteiger partial charge on any atom is 0.251 e. The molecule has 23 heavy (non-hydrogen) atoms. The van der Waals surface area contributed by atoms with Gasteiger partial charge in [-0.1, -0.05) is 18.2 Å². The van der Waals surface area contributed by atoms with Crippen LogP contribution in [0.5, 0.6) is 0 Å². The molecule has 2 heterocycles. The van der Waals surface area contributed by atoms with E-state index in [1.54, 1.807) is 12.1 Å². The highest BCUT2D eigenvalue weighted by Gasteiger charge is 2.21. The van der Waals surface area contributed by atoms with E-state index in [-0.39, 0.29) is 5.56 Å². The predicted molar refractivity (Wildman–Crippen MR) is 92.5 cm³/mol. The largest absolute Gasteiger partial charge is 0.309 e. The van der Waals surface area contributed by atoms with E-state index in [2.05, 4.69) is 22.9 Å². The Hall–Kier alpha value is -2.20. The van der Waals surface area contributed by atoms with E-state index in [1.165, 1.54) is 11.3 Å². The molecular formula is C19H23N3O. The van der Waals surface area contributed by atoms with Crippen molar-refractivity contribution < 1.29 is 0 Å². The van der Waals surface area contributed by atoms with Gasteiger partial charge in [0.25, 0.3) is 5.56 Å². The van der Waals surface area contributed by atoms with E-state index in [0.717, 1.165) is 37.2 Å². The molecule has 1 atom stereocenters. The number of rotatable bonds is 5. The molecule has 120 valence electrons. The quantitative estimate of drug-likeness (QED) is 0.863. The highest BCUT2D eigenvalue weighted by atomic mass is 16.1. The van der Waals surface area contributed by atoms with Crippen LogP contribution in [0.3, 0.4) is 0 Å². The second kappa shape index (κ2) is 6.92. The molecule has 4 nitrogen and oxygen atoms in total. The standard InChI is InChI=1S/C19H23N3O/c1-3-11-22-18-9-8-16(12-15(18)7-10-19(22)23)20-13-17-6-4-5-14(2)21-17/h3-7,10,16,20H,1,8-9,11-13H2,2H3. The zero-order valence-corrected chi connectivity index (χ0v) is 13.6. The van der Waals surface area contributed by atoms with Gasteiger partial charge in [-0.25, -0.2) is 0 Å². The van der Waals surface area contributed by atoms with E-state index >= 15 is 0 Å². The number of fused-ring (bicyclic) bond motifs is 1. The number of aryl methyl sites for hydroxylation is 1. The van der Waals surface area contributed by atoms with Gasteiger partial charge in [-0.05, 0) is 43.9 Å². The Labute approximate surface area is 136 Å². The van der Waals surface area contributed by atoms with Crippen molar-refractivity contribution in [3.05, 3.63) is 76.0 Å². The Morgan fingerprint density at radius 1 is 1.39 bits per heavy atom. The number of pyridine rings is 2. The number of allylic oxidation sites excluding steroid dienone is 1. The molecule has 1 unspecified atom stereocenters. The zero-order chi connectivity index (χ0) is 16.2. The van der Waals surface area contributed by atoms with E-state index in [9.17, 15) is 4.79 Å². The maximum atomic E-state index is 12.0. The topological polar surface area (TPSA) is 46.9 Å². The Morgan fingerprint density at radius 3 is 3.04 bits per heavy atom. The Morgan fingerprint density at radius 2 is 2.26 bits per heavy atom. The molecule has 2 aromatic heterocycles. The van der Waals surface area contributed by atoms with Gasteiger partial charge in [0, 0.05) is 36.6 Å². The van der Waals surface area contributed by atoms with Crippen LogP contribution in [0.4, 0.5) is 0 Å². The molecule has 0 fully saturated rings. The third-order valence-corrected chi connectivity index (χ3v) is 4.42. The van der Waals surface area contributed by atoms with E-state index in [1.807, 2.05) is 29.7 Å². The average molecular weight is 309 g/mol. The molecule has 1 aliphatic rings. The lowest BCUT2D eigenvalue weighted by Gasteiger charge is -2.27. The monoisotopic (exact) mass is 309 g/mol. The van der Waals surface area contributed by atoms with Crippen LogP contribution in [0.25, 0.3) is 0 Å².